The normalized spacial score (nSPS) is 12.4. The molecule has 0 bridgehead atoms. The van der Waals surface area contributed by atoms with E-state index in [1.54, 1.807) is 12.1 Å². The first kappa shape index (κ1) is 15.4. The smallest absolute Gasteiger partial charge is 0.137 e. The Balaban J connectivity index is 2.26. The number of rotatable bonds is 4. The topological polar surface area (TPSA) is 38.0 Å². The van der Waals surface area contributed by atoms with Gasteiger partial charge in [0.25, 0.3) is 0 Å². The number of nitrogens with two attached hydrogens (primary N) is 1. The van der Waals surface area contributed by atoms with Crippen LogP contribution in [0.1, 0.15) is 22.7 Å². The molecule has 0 aliphatic rings. The fraction of sp³-hybridized carbons (Fsp3) is 0.200. The molecule has 0 fully saturated rings. The van der Waals surface area contributed by atoms with Gasteiger partial charge in [0.15, 0.2) is 0 Å². The summed E-state index contributed by atoms with van der Waals surface area (Å²) in [6.07, 6.45) is 0.633. The van der Waals surface area contributed by atoms with E-state index in [2.05, 4.69) is 21.4 Å². The number of benzene rings is 2. The Hall–Kier alpha value is -0.940. The molecule has 0 amide bonds. The lowest BCUT2D eigenvalue weighted by atomic mass is 9.98. The van der Waals surface area contributed by atoms with Crippen molar-refractivity contribution in [3.63, 3.8) is 0 Å². The molecule has 5 heteroatoms. The Bertz CT molecular complexity index is 619. The van der Waals surface area contributed by atoms with Crippen molar-refractivity contribution in [2.24, 2.45) is 5.84 Å². The zero-order chi connectivity index (χ0) is 14.7. The zero-order valence-electron chi connectivity index (χ0n) is 11.0. The molecule has 1 unspecified atom stereocenters. The lowest BCUT2D eigenvalue weighted by Crippen LogP contribution is -2.29. The highest BCUT2D eigenvalue weighted by Crippen LogP contribution is 2.26. The minimum atomic E-state index is -0.294. The molecule has 0 aliphatic heterocycles. The number of nitrogens with one attached hydrogen (secondary N) is 1. The summed E-state index contributed by atoms with van der Waals surface area (Å²) >= 11 is 9.42. The van der Waals surface area contributed by atoms with Crippen molar-refractivity contribution >= 4 is 27.5 Å². The van der Waals surface area contributed by atoms with E-state index < -0.39 is 0 Å². The molecule has 20 heavy (non-hydrogen) atoms. The van der Waals surface area contributed by atoms with Gasteiger partial charge in [-0.05, 0) is 64.2 Å². The highest BCUT2D eigenvalue weighted by molar-refractivity contribution is 9.10. The van der Waals surface area contributed by atoms with Crippen LogP contribution in [0.4, 0.5) is 4.39 Å². The lowest BCUT2D eigenvalue weighted by molar-refractivity contribution is 0.548. The largest absolute Gasteiger partial charge is 0.271 e. The number of hydrogen-bond acceptors (Lipinski definition) is 2. The average molecular weight is 358 g/mol. The summed E-state index contributed by atoms with van der Waals surface area (Å²) in [5.74, 6) is 5.32. The second-order valence-corrected chi connectivity index (χ2v) is 5.95. The van der Waals surface area contributed by atoms with Crippen LogP contribution in [0.3, 0.4) is 0 Å². The lowest BCUT2D eigenvalue weighted by Gasteiger charge is -2.18. The Morgan fingerprint density at radius 1 is 1.30 bits per heavy atom. The Morgan fingerprint density at radius 3 is 2.65 bits per heavy atom. The fourth-order valence-electron chi connectivity index (χ4n) is 2.04. The maximum atomic E-state index is 13.3. The molecule has 3 N–H and O–H groups in total. The number of aryl methyl sites for hydroxylation is 1. The zero-order valence-corrected chi connectivity index (χ0v) is 13.3. The molecular formula is C15H15BrClFN2. The second kappa shape index (κ2) is 6.68. The van der Waals surface area contributed by atoms with Gasteiger partial charge in [-0.3, -0.25) is 11.3 Å². The maximum absolute atomic E-state index is 13.3. The number of hydrazine groups is 1. The Kier molecular flexibility index (Phi) is 5.16. The van der Waals surface area contributed by atoms with Crippen molar-refractivity contribution in [3.05, 3.63) is 68.4 Å². The van der Waals surface area contributed by atoms with E-state index in [1.807, 2.05) is 25.1 Å². The minimum Gasteiger partial charge on any atom is -0.271 e. The summed E-state index contributed by atoms with van der Waals surface area (Å²) in [5, 5.41) is 0.714. The molecule has 2 aromatic carbocycles. The molecule has 0 saturated carbocycles. The van der Waals surface area contributed by atoms with E-state index in [4.69, 9.17) is 17.4 Å². The van der Waals surface area contributed by atoms with Crippen LogP contribution in [0.15, 0.2) is 40.9 Å². The van der Waals surface area contributed by atoms with Gasteiger partial charge >= 0.3 is 0 Å². The van der Waals surface area contributed by atoms with E-state index in [-0.39, 0.29) is 11.9 Å². The van der Waals surface area contributed by atoms with Gasteiger partial charge in [0, 0.05) is 5.02 Å². The number of hydrogen-bond donors (Lipinski definition) is 2. The highest BCUT2D eigenvalue weighted by atomic mass is 79.9. The molecule has 0 spiro atoms. The van der Waals surface area contributed by atoms with Gasteiger partial charge < -0.3 is 0 Å². The van der Waals surface area contributed by atoms with Crippen LogP contribution in [0.5, 0.6) is 0 Å². The number of halogens is 3. The van der Waals surface area contributed by atoms with E-state index in [0.717, 1.165) is 16.7 Å². The summed E-state index contributed by atoms with van der Waals surface area (Å²) in [7, 11) is 0. The van der Waals surface area contributed by atoms with Crippen LogP contribution in [0.2, 0.25) is 5.02 Å². The third-order valence-corrected chi connectivity index (χ3v) is 4.14. The first-order valence-corrected chi connectivity index (χ1v) is 7.34. The molecule has 2 aromatic rings. The average Bonchev–Trinajstić information content (AvgIpc) is 2.41. The van der Waals surface area contributed by atoms with E-state index in [9.17, 15) is 4.39 Å². The van der Waals surface area contributed by atoms with Crippen molar-refractivity contribution < 1.29 is 4.39 Å². The molecule has 0 heterocycles. The summed E-state index contributed by atoms with van der Waals surface area (Å²) in [6, 6.07) is 10.6. The monoisotopic (exact) mass is 356 g/mol. The van der Waals surface area contributed by atoms with Gasteiger partial charge in [-0.2, -0.15) is 0 Å². The van der Waals surface area contributed by atoms with Crippen LogP contribution in [-0.4, -0.2) is 0 Å². The van der Waals surface area contributed by atoms with Gasteiger partial charge in [0.2, 0.25) is 0 Å². The van der Waals surface area contributed by atoms with Gasteiger partial charge in [-0.15, -0.1) is 0 Å². The third kappa shape index (κ3) is 3.58. The SMILES string of the molecule is Cc1ccc(CC(NN)c2ccc(F)c(Br)c2)c(Cl)c1. The predicted octanol–water partition coefficient (Wildman–Crippen LogP) is 4.30. The van der Waals surface area contributed by atoms with Gasteiger partial charge in [0.1, 0.15) is 5.82 Å². The molecule has 2 nitrogen and oxygen atoms in total. The van der Waals surface area contributed by atoms with Crippen LogP contribution in [-0.2, 0) is 6.42 Å². The molecule has 0 aromatic heterocycles. The van der Waals surface area contributed by atoms with E-state index in [1.165, 1.54) is 6.07 Å². The maximum Gasteiger partial charge on any atom is 0.137 e. The third-order valence-electron chi connectivity index (χ3n) is 3.18. The molecule has 106 valence electrons. The van der Waals surface area contributed by atoms with Crippen molar-refractivity contribution in [2.45, 2.75) is 19.4 Å². The van der Waals surface area contributed by atoms with Crippen molar-refractivity contribution in [1.82, 2.24) is 5.43 Å². The standard InChI is InChI=1S/C15H15BrClFN2/c1-9-2-3-10(13(17)6-9)8-15(20-19)11-4-5-14(18)12(16)7-11/h2-7,15,20H,8,19H2,1H3. The van der Waals surface area contributed by atoms with Crippen LogP contribution < -0.4 is 11.3 Å². The molecule has 0 saturated heterocycles. The molecule has 1 atom stereocenters. The van der Waals surface area contributed by atoms with Crippen LogP contribution in [0.25, 0.3) is 0 Å². The molecular weight excluding hydrogens is 343 g/mol. The van der Waals surface area contributed by atoms with Crippen molar-refractivity contribution in [1.29, 1.82) is 0 Å². The summed E-state index contributed by atoms with van der Waals surface area (Å²) in [6.45, 7) is 1.99. The Labute approximate surface area is 131 Å². The first-order chi connectivity index (χ1) is 9.51. The quantitative estimate of drug-likeness (QED) is 0.632. The Morgan fingerprint density at radius 2 is 2.05 bits per heavy atom. The second-order valence-electron chi connectivity index (χ2n) is 4.69. The van der Waals surface area contributed by atoms with Crippen molar-refractivity contribution in [3.8, 4) is 0 Å². The molecule has 2 rings (SSSR count). The molecule has 0 radical (unpaired) electrons. The van der Waals surface area contributed by atoms with Gasteiger partial charge in [-0.25, -0.2) is 4.39 Å². The van der Waals surface area contributed by atoms with Crippen LogP contribution in [0, 0.1) is 12.7 Å². The van der Waals surface area contributed by atoms with E-state index in [0.29, 0.717) is 15.9 Å². The van der Waals surface area contributed by atoms with Crippen molar-refractivity contribution in [2.75, 3.05) is 0 Å². The summed E-state index contributed by atoms with van der Waals surface area (Å²) < 4.78 is 13.7. The fourth-order valence-corrected chi connectivity index (χ4v) is 2.75. The van der Waals surface area contributed by atoms with Gasteiger partial charge in [-0.1, -0.05) is 29.8 Å². The van der Waals surface area contributed by atoms with Gasteiger partial charge in [0.05, 0.1) is 10.5 Å². The predicted molar refractivity (Wildman–Crippen MR) is 84.1 cm³/mol. The van der Waals surface area contributed by atoms with Crippen LogP contribution >= 0.6 is 27.5 Å². The first-order valence-electron chi connectivity index (χ1n) is 6.17. The van der Waals surface area contributed by atoms with E-state index >= 15 is 0 Å². The summed E-state index contributed by atoms with van der Waals surface area (Å²) in [4.78, 5) is 0. The summed E-state index contributed by atoms with van der Waals surface area (Å²) in [5.41, 5.74) is 5.77. The minimum absolute atomic E-state index is 0.132. The molecule has 0 aliphatic carbocycles. The highest BCUT2D eigenvalue weighted by Gasteiger charge is 2.14.